The molecule has 8 heteroatoms. The first-order chi connectivity index (χ1) is 12.8. The molecule has 0 bridgehead atoms. The van der Waals surface area contributed by atoms with Gasteiger partial charge in [0.15, 0.2) is 12.4 Å². The van der Waals surface area contributed by atoms with Crippen molar-refractivity contribution < 1.29 is 28.6 Å². The Labute approximate surface area is 165 Å². The number of H-pyrrole nitrogens is 1. The summed E-state index contributed by atoms with van der Waals surface area (Å²) in [5.41, 5.74) is 1.70. The zero-order valence-electron chi connectivity index (χ0n) is 15.5. The van der Waals surface area contributed by atoms with Gasteiger partial charge < -0.3 is 19.2 Å². The number of aromatic amines is 1. The molecule has 0 amide bonds. The Morgan fingerprint density at radius 3 is 2.41 bits per heavy atom. The van der Waals surface area contributed by atoms with Crippen LogP contribution in [0.2, 0.25) is 0 Å². The predicted octanol–water partition coefficient (Wildman–Crippen LogP) is 3.62. The van der Waals surface area contributed by atoms with E-state index < -0.39 is 18.5 Å². The summed E-state index contributed by atoms with van der Waals surface area (Å²) in [4.78, 5) is 39.4. The van der Waals surface area contributed by atoms with Gasteiger partial charge in [-0.1, -0.05) is 0 Å². The highest BCUT2D eigenvalue weighted by molar-refractivity contribution is 9.10. The molecule has 0 aliphatic rings. The SMILES string of the molecule is CCOC(=O)c1[nH]c(C)c(C(=O)OCC(=O)c2ccc(OC)c(Br)c2)c1C. The number of benzene rings is 1. The first-order valence-corrected chi connectivity index (χ1v) is 8.99. The molecule has 0 unspecified atom stereocenters. The number of rotatable bonds is 7. The first kappa shape index (κ1) is 20.7. The number of nitrogens with one attached hydrogen (secondary N) is 1. The Hall–Kier alpha value is -2.61. The van der Waals surface area contributed by atoms with Gasteiger partial charge in [-0.05, 0) is 60.5 Å². The van der Waals surface area contributed by atoms with Crippen LogP contribution in [0, 0.1) is 13.8 Å². The van der Waals surface area contributed by atoms with Crippen LogP contribution in [0.1, 0.15) is 49.4 Å². The molecule has 0 saturated carbocycles. The molecule has 1 N–H and O–H groups in total. The second-order valence-corrected chi connectivity index (χ2v) is 6.55. The Bertz CT molecular complexity index is 887. The van der Waals surface area contributed by atoms with E-state index in [0.717, 1.165) is 0 Å². The number of aryl methyl sites for hydroxylation is 1. The van der Waals surface area contributed by atoms with Crippen molar-refractivity contribution in [3.05, 3.63) is 50.8 Å². The molecule has 1 heterocycles. The number of esters is 2. The third kappa shape index (κ3) is 4.57. The summed E-state index contributed by atoms with van der Waals surface area (Å²) in [5, 5.41) is 0. The molecule has 1 aromatic carbocycles. The van der Waals surface area contributed by atoms with Crippen LogP contribution < -0.4 is 4.74 Å². The smallest absolute Gasteiger partial charge is 0.355 e. The number of halogens is 1. The van der Waals surface area contributed by atoms with E-state index in [0.29, 0.717) is 27.0 Å². The van der Waals surface area contributed by atoms with Gasteiger partial charge in [-0.3, -0.25) is 4.79 Å². The van der Waals surface area contributed by atoms with Crippen molar-refractivity contribution in [3.63, 3.8) is 0 Å². The fourth-order valence-electron chi connectivity index (χ4n) is 2.59. The minimum atomic E-state index is -0.683. The number of Topliss-reactive ketones (excluding diaryl/α,β-unsaturated/α-hetero) is 1. The number of hydrogen-bond donors (Lipinski definition) is 1. The van der Waals surface area contributed by atoms with Gasteiger partial charge in [0.25, 0.3) is 0 Å². The second kappa shape index (κ2) is 8.85. The van der Waals surface area contributed by atoms with Crippen molar-refractivity contribution in [2.45, 2.75) is 20.8 Å². The lowest BCUT2D eigenvalue weighted by molar-refractivity contribution is 0.0473. The largest absolute Gasteiger partial charge is 0.496 e. The lowest BCUT2D eigenvalue weighted by atomic mass is 10.1. The molecular formula is C19H20BrNO6. The van der Waals surface area contributed by atoms with Crippen LogP contribution in [0.3, 0.4) is 0 Å². The van der Waals surface area contributed by atoms with Crippen LogP contribution in [0.25, 0.3) is 0 Å². The minimum Gasteiger partial charge on any atom is -0.496 e. The van der Waals surface area contributed by atoms with E-state index in [1.165, 1.54) is 7.11 Å². The average molecular weight is 438 g/mol. The van der Waals surface area contributed by atoms with Crippen LogP contribution in [-0.4, -0.2) is 43.0 Å². The normalized spacial score (nSPS) is 10.4. The summed E-state index contributed by atoms with van der Waals surface area (Å²) in [6, 6.07) is 4.83. The molecule has 0 spiro atoms. The molecule has 2 rings (SSSR count). The molecule has 0 radical (unpaired) electrons. The molecule has 0 fully saturated rings. The lowest BCUT2D eigenvalue weighted by Gasteiger charge is -2.07. The van der Waals surface area contributed by atoms with Gasteiger partial charge in [-0.2, -0.15) is 0 Å². The molecule has 0 atom stereocenters. The number of hydrogen-bond acceptors (Lipinski definition) is 6. The van der Waals surface area contributed by atoms with E-state index in [-0.39, 0.29) is 23.6 Å². The quantitative estimate of drug-likeness (QED) is 0.524. The summed E-state index contributed by atoms with van der Waals surface area (Å²) in [6.45, 7) is 4.77. The van der Waals surface area contributed by atoms with E-state index in [1.807, 2.05) is 0 Å². The van der Waals surface area contributed by atoms with E-state index in [4.69, 9.17) is 14.2 Å². The van der Waals surface area contributed by atoms with Gasteiger partial charge in [0.1, 0.15) is 11.4 Å². The zero-order valence-corrected chi connectivity index (χ0v) is 17.1. The van der Waals surface area contributed by atoms with Crippen molar-refractivity contribution >= 4 is 33.7 Å². The van der Waals surface area contributed by atoms with E-state index >= 15 is 0 Å². The minimum absolute atomic E-state index is 0.201. The molecule has 0 aliphatic carbocycles. The molecule has 1 aromatic heterocycles. The number of carbonyl (C=O) groups excluding carboxylic acids is 3. The topological polar surface area (TPSA) is 94.7 Å². The van der Waals surface area contributed by atoms with Crippen molar-refractivity contribution in [2.24, 2.45) is 0 Å². The van der Waals surface area contributed by atoms with Gasteiger partial charge >= 0.3 is 11.9 Å². The Balaban J connectivity index is 2.11. The molecule has 7 nitrogen and oxygen atoms in total. The molecule has 0 saturated heterocycles. The van der Waals surface area contributed by atoms with E-state index in [9.17, 15) is 14.4 Å². The maximum atomic E-state index is 12.4. The van der Waals surface area contributed by atoms with Gasteiger partial charge in [0.2, 0.25) is 0 Å². The van der Waals surface area contributed by atoms with E-state index in [1.54, 1.807) is 39.0 Å². The van der Waals surface area contributed by atoms with Gasteiger partial charge in [0.05, 0.1) is 23.8 Å². The maximum Gasteiger partial charge on any atom is 0.355 e. The van der Waals surface area contributed by atoms with Crippen molar-refractivity contribution in [2.75, 3.05) is 20.3 Å². The molecule has 2 aromatic rings. The number of carbonyl (C=O) groups is 3. The van der Waals surface area contributed by atoms with Gasteiger partial charge in [-0.15, -0.1) is 0 Å². The molecule has 0 aliphatic heterocycles. The summed E-state index contributed by atoms with van der Waals surface area (Å²) in [5.74, 6) is -0.995. The Morgan fingerprint density at radius 1 is 1.11 bits per heavy atom. The molecule has 144 valence electrons. The van der Waals surface area contributed by atoms with Crippen molar-refractivity contribution in [1.82, 2.24) is 4.98 Å². The third-order valence-electron chi connectivity index (χ3n) is 3.93. The summed E-state index contributed by atoms with van der Waals surface area (Å²) >= 11 is 3.31. The van der Waals surface area contributed by atoms with Crippen molar-refractivity contribution in [1.29, 1.82) is 0 Å². The van der Waals surface area contributed by atoms with Crippen LogP contribution in [0.5, 0.6) is 5.75 Å². The third-order valence-corrected chi connectivity index (χ3v) is 4.55. The Morgan fingerprint density at radius 2 is 1.81 bits per heavy atom. The van der Waals surface area contributed by atoms with Gasteiger partial charge in [0, 0.05) is 11.3 Å². The van der Waals surface area contributed by atoms with Gasteiger partial charge in [-0.25, -0.2) is 9.59 Å². The standard InChI is InChI=1S/C19H20BrNO6/c1-5-26-19(24)17-10(2)16(11(3)21-17)18(23)27-9-14(22)12-6-7-15(25-4)13(20)8-12/h6-8,21H,5,9H2,1-4H3. The summed E-state index contributed by atoms with van der Waals surface area (Å²) in [6.07, 6.45) is 0. The molecular weight excluding hydrogens is 418 g/mol. The van der Waals surface area contributed by atoms with E-state index in [2.05, 4.69) is 20.9 Å². The highest BCUT2D eigenvalue weighted by atomic mass is 79.9. The fraction of sp³-hybridized carbons (Fsp3) is 0.316. The molecule has 27 heavy (non-hydrogen) atoms. The number of ether oxygens (including phenoxy) is 3. The van der Waals surface area contributed by atoms with Crippen LogP contribution >= 0.6 is 15.9 Å². The number of methoxy groups -OCH3 is 1. The number of ketones is 1. The zero-order chi connectivity index (χ0) is 20.1. The lowest BCUT2D eigenvalue weighted by Crippen LogP contribution is -2.15. The summed E-state index contributed by atoms with van der Waals surface area (Å²) in [7, 11) is 1.52. The first-order valence-electron chi connectivity index (χ1n) is 8.20. The van der Waals surface area contributed by atoms with Crippen LogP contribution in [0.4, 0.5) is 0 Å². The monoisotopic (exact) mass is 437 g/mol. The maximum absolute atomic E-state index is 12.4. The Kier molecular flexibility index (Phi) is 6.79. The van der Waals surface area contributed by atoms with Crippen molar-refractivity contribution in [3.8, 4) is 5.75 Å². The summed E-state index contributed by atoms with van der Waals surface area (Å²) < 4.78 is 15.8. The number of aromatic nitrogens is 1. The average Bonchev–Trinajstić information content (AvgIpc) is 2.94. The second-order valence-electron chi connectivity index (χ2n) is 5.69. The highest BCUT2D eigenvalue weighted by Gasteiger charge is 2.24. The fourth-order valence-corrected chi connectivity index (χ4v) is 3.13. The highest BCUT2D eigenvalue weighted by Crippen LogP contribution is 2.26. The predicted molar refractivity (Wildman–Crippen MR) is 102 cm³/mol. The van der Waals surface area contributed by atoms with Crippen LogP contribution in [0.15, 0.2) is 22.7 Å². The van der Waals surface area contributed by atoms with Crippen LogP contribution in [-0.2, 0) is 9.47 Å².